The van der Waals surface area contributed by atoms with E-state index >= 15 is 0 Å². The molecule has 2 aliphatic carbocycles. The minimum absolute atomic E-state index is 0.0510. The number of Topliss-reactive ketones (excluding diaryl/α,β-unsaturated/α-hetero) is 1. The maximum atomic E-state index is 12.3. The highest BCUT2D eigenvalue weighted by Crippen LogP contribution is 2.60. The fraction of sp³-hybridized carbons (Fsp3) is 0.556. The van der Waals surface area contributed by atoms with E-state index in [9.17, 15) is 9.59 Å². The van der Waals surface area contributed by atoms with Crippen LogP contribution in [0.2, 0.25) is 0 Å². The molecule has 0 bridgehead atoms. The van der Waals surface area contributed by atoms with Crippen molar-refractivity contribution < 1.29 is 14.3 Å². The molecule has 2 aliphatic rings. The summed E-state index contributed by atoms with van der Waals surface area (Å²) >= 11 is 0. The van der Waals surface area contributed by atoms with Crippen LogP contribution in [0.25, 0.3) is 0 Å². The van der Waals surface area contributed by atoms with Gasteiger partial charge in [0.1, 0.15) is 6.10 Å². The molecule has 1 fully saturated rings. The molecule has 0 aromatic heterocycles. The second-order valence-electron chi connectivity index (χ2n) is 6.86. The van der Waals surface area contributed by atoms with Crippen molar-refractivity contribution in [1.29, 1.82) is 0 Å². The summed E-state index contributed by atoms with van der Waals surface area (Å²) in [5.74, 6) is 0.0168. The van der Waals surface area contributed by atoms with Crippen molar-refractivity contribution in [3.63, 3.8) is 0 Å². The van der Waals surface area contributed by atoms with Crippen LogP contribution in [0.15, 0.2) is 36.0 Å². The van der Waals surface area contributed by atoms with Crippen LogP contribution >= 0.6 is 0 Å². The van der Waals surface area contributed by atoms with Gasteiger partial charge in [-0.05, 0) is 43.3 Å². The van der Waals surface area contributed by atoms with Crippen molar-refractivity contribution >= 4 is 11.8 Å². The van der Waals surface area contributed by atoms with Crippen LogP contribution < -0.4 is 0 Å². The van der Waals surface area contributed by atoms with Crippen LogP contribution in [-0.2, 0) is 14.3 Å². The number of allylic oxidation sites excluding steroid dienone is 4. The Balaban J connectivity index is 1.99. The van der Waals surface area contributed by atoms with Gasteiger partial charge in [0, 0.05) is 0 Å². The molecular weight excluding hydrogens is 264 g/mol. The second kappa shape index (κ2) is 5.63. The van der Waals surface area contributed by atoms with E-state index in [-0.39, 0.29) is 35.4 Å². The lowest BCUT2D eigenvalue weighted by atomic mass is 10.1. The summed E-state index contributed by atoms with van der Waals surface area (Å²) in [6.07, 6.45) is 6.03. The molecule has 0 N–H and O–H groups in total. The third-order valence-corrected chi connectivity index (χ3v) is 4.44. The summed E-state index contributed by atoms with van der Waals surface area (Å²) in [6.45, 7) is 11.9. The Labute approximate surface area is 126 Å². The first-order valence-corrected chi connectivity index (χ1v) is 7.47. The molecule has 3 atom stereocenters. The molecule has 114 valence electrons. The van der Waals surface area contributed by atoms with Crippen LogP contribution in [0.3, 0.4) is 0 Å². The number of hydrogen-bond donors (Lipinski definition) is 0. The van der Waals surface area contributed by atoms with Crippen molar-refractivity contribution in [1.82, 2.24) is 0 Å². The topological polar surface area (TPSA) is 43.4 Å². The summed E-state index contributed by atoms with van der Waals surface area (Å²) in [6, 6.07) is 0. The Bertz CT molecular complexity index is 533. The first-order chi connectivity index (χ1) is 9.77. The molecule has 0 aliphatic heterocycles. The average Bonchev–Trinajstić information content (AvgIpc) is 2.70. The molecule has 3 unspecified atom stereocenters. The van der Waals surface area contributed by atoms with E-state index in [4.69, 9.17) is 4.74 Å². The Kier molecular flexibility index (Phi) is 4.22. The van der Waals surface area contributed by atoms with Gasteiger partial charge < -0.3 is 4.74 Å². The Morgan fingerprint density at radius 2 is 2.14 bits per heavy atom. The minimum atomic E-state index is -0.399. The number of carbonyl (C=O) groups is 2. The Morgan fingerprint density at radius 1 is 1.48 bits per heavy atom. The molecule has 2 rings (SSSR count). The molecule has 0 radical (unpaired) electrons. The molecule has 21 heavy (non-hydrogen) atoms. The zero-order chi connectivity index (χ0) is 15.8. The summed E-state index contributed by atoms with van der Waals surface area (Å²) in [4.78, 5) is 24.1. The van der Waals surface area contributed by atoms with Crippen LogP contribution in [0, 0.1) is 17.3 Å². The van der Waals surface area contributed by atoms with Gasteiger partial charge in [-0.2, -0.15) is 0 Å². The summed E-state index contributed by atoms with van der Waals surface area (Å²) in [5.41, 5.74) is 1.87. The van der Waals surface area contributed by atoms with Crippen molar-refractivity contribution in [2.45, 2.75) is 46.6 Å². The maximum absolute atomic E-state index is 12.3. The molecule has 0 amide bonds. The lowest BCUT2D eigenvalue weighted by molar-refractivity contribution is -0.149. The highest BCUT2D eigenvalue weighted by Gasteiger charge is 2.61. The van der Waals surface area contributed by atoms with E-state index in [0.29, 0.717) is 12.0 Å². The van der Waals surface area contributed by atoms with Gasteiger partial charge in [0.25, 0.3) is 0 Å². The second-order valence-corrected chi connectivity index (χ2v) is 6.86. The largest absolute Gasteiger partial charge is 0.457 e. The fourth-order valence-electron chi connectivity index (χ4n) is 3.12. The van der Waals surface area contributed by atoms with Crippen LogP contribution in [0.4, 0.5) is 0 Å². The van der Waals surface area contributed by atoms with E-state index in [1.54, 1.807) is 12.2 Å². The smallest absolute Gasteiger partial charge is 0.310 e. The highest BCUT2D eigenvalue weighted by molar-refractivity contribution is 5.99. The molecule has 0 aromatic rings. The zero-order valence-electron chi connectivity index (χ0n) is 13.3. The fourth-order valence-corrected chi connectivity index (χ4v) is 3.12. The van der Waals surface area contributed by atoms with E-state index in [2.05, 4.69) is 26.5 Å². The predicted molar refractivity (Wildman–Crippen MR) is 82.6 cm³/mol. The van der Waals surface area contributed by atoms with Gasteiger partial charge in [0.15, 0.2) is 5.78 Å². The van der Waals surface area contributed by atoms with Gasteiger partial charge in [0.05, 0.1) is 12.3 Å². The van der Waals surface area contributed by atoms with Crippen molar-refractivity contribution in [2.24, 2.45) is 17.3 Å². The Hall–Kier alpha value is -1.64. The standard InChI is InChI=1S/C18H24O3/c1-6-7-12-9-13(10-15(12)19)21-17(20)16-14(8-11(2)3)18(16,4)5/h6,8-9,13-14,16H,1,7,10H2,2-5H3. The number of rotatable bonds is 5. The number of esters is 1. The van der Waals surface area contributed by atoms with E-state index in [0.717, 1.165) is 0 Å². The maximum Gasteiger partial charge on any atom is 0.310 e. The van der Waals surface area contributed by atoms with Gasteiger partial charge in [0.2, 0.25) is 0 Å². The van der Waals surface area contributed by atoms with Crippen molar-refractivity contribution in [3.05, 3.63) is 36.0 Å². The van der Waals surface area contributed by atoms with Crippen LogP contribution in [0.1, 0.15) is 40.5 Å². The predicted octanol–water partition coefficient (Wildman–Crippen LogP) is 3.61. The average molecular weight is 288 g/mol. The lowest BCUT2D eigenvalue weighted by Gasteiger charge is -2.09. The van der Waals surface area contributed by atoms with Gasteiger partial charge in [-0.3, -0.25) is 9.59 Å². The van der Waals surface area contributed by atoms with E-state index in [1.807, 2.05) is 13.8 Å². The minimum Gasteiger partial charge on any atom is -0.457 e. The highest BCUT2D eigenvalue weighted by atomic mass is 16.5. The van der Waals surface area contributed by atoms with Crippen LogP contribution in [0.5, 0.6) is 0 Å². The molecule has 0 spiro atoms. The molecule has 0 aromatic carbocycles. The van der Waals surface area contributed by atoms with E-state index in [1.165, 1.54) is 5.57 Å². The van der Waals surface area contributed by atoms with E-state index < -0.39 is 6.10 Å². The number of ketones is 1. The van der Waals surface area contributed by atoms with Crippen molar-refractivity contribution in [3.8, 4) is 0 Å². The van der Waals surface area contributed by atoms with Gasteiger partial charge >= 0.3 is 5.97 Å². The van der Waals surface area contributed by atoms with Gasteiger partial charge in [-0.1, -0.05) is 31.6 Å². The molecule has 3 nitrogen and oxygen atoms in total. The summed E-state index contributed by atoms with van der Waals surface area (Å²) < 4.78 is 5.53. The first-order valence-electron chi connectivity index (χ1n) is 7.47. The molecule has 0 heterocycles. The lowest BCUT2D eigenvalue weighted by Crippen LogP contribution is -2.18. The summed E-state index contributed by atoms with van der Waals surface area (Å²) in [5, 5.41) is 0. The molecule has 0 saturated heterocycles. The normalized spacial score (nSPS) is 29.6. The molecule has 3 heteroatoms. The van der Waals surface area contributed by atoms with Gasteiger partial charge in [-0.15, -0.1) is 6.58 Å². The zero-order valence-corrected chi connectivity index (χ0v) is 13.3. The summed E-state index contributed by atoms with van der Waals surface area (Å²) in [7, 11) is 0. The van der Waals surface area contributed by atoms with Gasteiger partial charge in [-0.25, -0.2) is 0 Å². The van der Waals surface area contributed by atoms with Crippen molar-refractivity contribution in [2.75, 3.05) is 0 Å². The number of hydrogen-bond acceptors (Lipinski definition) is 3. The quantitative estimate of drug-likeness (QED) is 0.573. The first kappa shape index (κ1) is 15.7. The monoisotopic (exact) mass is 288 g/mol. The SMILES string of the molecule is C=CCC1=CC(OC(=O)C2C(C=C(C)C)C2(C)C)CC1=O. The molecular formula is C18H24O3. The number of ether oxygens (including phenoxy) is 1. The number of carbonyl (C=O) groups excluding carboxylic acids is 2. The third-order valence-electron chi connectivity index (χ3n) is 4.44. The molecule has 1 saturated carbocycles. The Morgan fingerprint density at radius 3 is 2.71 bits per heavy atom. The third kappa shape index (κ3) is 3.17. The van der Waals surface area contributed by atoms with Crippen LogP contribution in [-0.4, -0.2) is 17.9 Å².